The number of methoxy groups -OCH3 is 2. The van der Waals surface area contributed by atoms with Crippen LogP contribution in [0.2, 0.25) is 0 Å². The van der Waals surface area contributed by atoms with E-state index in [1.54, 1.807) is 17.5 Å². The predicted octanol–water partition coefficient (Wildman–Crippen LogP) is 6.56. The molecular formula is C40H49N9O6S. The largest absolute Gasteiger partial charge is 0.453 e. The number of carbonyl (C=O) groups excluding carboxylic acids is 4. The highest BCUT2D eigenvalue weighted by molar-refractivity contribution is 7.17. The van der Waals surface area contributed by atoms with Crippen molar-refractivity contribution in [1.82, 2.24) is 44.9 Å². The van der Waals surface area contributed by atoms with E-state index in [9.17, 15) is 19.2 Å². The molecule has 0 aliphatic carbocycles. The second kappa shape index (κ2) is 16.2. The zero-order valence-corrected chi connectivity index (χ0v) is 33.3. The van der Waals surface area contributed by atoms with Crippen LogP contribution in [0.25, 0.3) is 38.4 Å². The Bertz CT molecular complexity index is 2200. The number of nitrogens with zero attached hydrogens (tertiary/aromatic N) is 5. The molecule has 16 heteroatoms. The van der Waals surface area contributed by atoms with Gasteiger partial charge in [0.2, 0.25) is 11.8 Å². The number of thiophene rings is 1. The van der Waals surface area contributed by atoms with E-state index < -0.39 is 24.3 Å². The molecule has 0 saturated carbocycles. The zero-order chi connectivity index (χ0) is 39.7. The second-order valence-corrected chi connectivity index (χ2v) is 15.9. The molecule has 1 aromatic carbocycles. The lowest BCUT2D eigenvalue weighted by Crippen LogP contribution is -2.51. The lowest BCUT2D eigenvalue weighted by atomic mass is 10.0. The van der Waals surface area contributed by atoms with E-state index in [1.165, 1.54) is 14.2 Å². The van der Waals surface area contributed by atoms with Gasteiger partial charge in [-0.25, -0.2) is 19.6 Å². The maximum Gasteiger partial charge on any atom is 0.407 e. The molecule has 296 valence electrons. The first-order chi connectivity index (χ1) is 27.0. The van der Waals surface area contributed by atoms with Gasteiger partial charge in [-0.05, 0) is 54.7 Å². The SMILES string of the molecule is COC(=O)N[C@H](C(=O)N1CCCC1c1ncc(-c2ccc(-c3csc4c3ccn4-c3cnc(C4CCCN4C(=O)[C@@H](NC(=O)OC)C(C)C)[nH]3)cc2)[nH]1)C(C)C. The monoisotopic (exact) mass is 783 g/mol. The first kappa shape index (κ1) is 38.6. The molecule has 15 nitrogen and oxygen atoms in total. The van der Waals surface area contributed by atoms with Gasteiger partial charge in [0, 0.05) is 35.6 Å². The van der Waals surface area contributed by atoms with Crippen LogP contribution in [0.15, 0.2) is 54.3 Å². The number of ether oxygens (including phenoxy) is 2. The number of likely N-dealkylation sites (tertiary alicyclic amines) is 2. The van der Waals surface area contributed by atoms with Crippen LogP contribution in [0, 0.1) is 11.8 Å². The Balaban J connectivity index is 1.05. The minimum absolute atomic E-state index is 0.107. The van der Waals surface area contributed by atoms with E-state index in [-0.39, 0.29) is 35.7 Å². The number of nitrogens with one attached hydrogen (secondary N) is 4. The molecule has 2 aliphatic rings. The van der Waals surface area contributed by atoms with Gasteiger partial charge in [-0.3, -0.25) is 14.2 Å². The lowest BCUT2D eigenvalue weighted by molar-refractivity contribution is -0.136. The number of carbonyl (C=O) groups is 4. The van der Waals surface area contributed by atoms with Gasteiger partial charge in [0.25, 0.3) is 0 Å². The van der Waals surface area contributed by atoms with Crippen molar-refractivity contribution < 1.29 is 28.7 Å². The Kier molecular flexibility index (Phi) is 11.2. The summed E-state index contributed by atoms with van der Waals surface area (Å²) in [5.74, 6) is 1.74. The number of benzene rings is 1. The average Bonchev–Trinajstić information content (AvgIpc) is 4.04. The van der Waals surface area contributed by atoms with E-state index in [0.29, 0.717) is 18.9 Å². The van der Waals surface area contributed by atoms with Crippen LogP contribution in [0.5, 0.6) is 0 Å². The van der Waals surface area contributed by atoms with E-state index >= 15 is 0 Å². The minimum Gasteiger partial charge on any atom is -0.453 e. The normalized spacial score (nSPS) is 18.1. The van der Waals surface area contributed by atoms with Crippen molar-refractivity contribution in [3.05, 3.63) is 66.0 Å². The first-order valence-corrected chi connectivity index (χ1v) is 20.0. The van der Waals surface area contributed by atoms with Crippen LogP contribution >= 0.6 is 11.3 Å². The highest BCUT2D eigenvalue weighted by Crippen LogP contribution is 2.38. The summed E-state index contributed by atoms with van der Waals surface area (Å²) in [4.78, 5) is 72.2. The van der Waals surface area contributed by atoms with Crippen molar-refractivity contribution in [2.45, 2.75) is 77.5 Å². The topological polar surface area (TPSA) is 180 Å². The molecule has 4 atom stereocenters. The number of hydrogen-bond acceptors (Lipinski definition) is 9. The summed E-state index contributed by atoms with van der Waals surface area (Å²) in [5.41, 5.74) is 4.03. The standard InChI is InChI=1S/C40H49N9O6S/c1-22(2)32(45-39(52)54-5)36(50)47-16-7-9-29(47)34-41-19-28(43-34)25-13-11-24(12-14-25)27-21-56-38-26(27)15-18-49(38)31-20-42-35(44-31)30-10-8-17-48(30)37(51)33(23(3)4)46-40(53)55-6/h11-15,18-23,29-30,32-33H,7-10,16-17H2,1-6H3,(H,41,43)(H,42,44)(H,45,52)(H,46,53)/t29?,30?,32-,33-/m0/s1. The third-order valence-electron chi connectivity index (χ3n) is 10.8. The molecule has 2 fully saturated rings. The molecule has 0 radical (unpaired) electrons. The molecule has 7 rings (SSSR count). The highest BCUT2D eigenvalue weighted by atomic mass is 32.1. The molecule has 0 bridgehead atoms. The highest BCUT2D eigenvalue weighted by Gasteiger charge is 2.39. The molecule has 4 N–H and O–H groups in total. The Hall–Kier alpha value is -5.64. The number of alkyl carbamates (subject to hydrolysis) is 2. The summed E-state index contributed by atoms with van der Waals surface area (Å²) in [5, 5.41) is 8.67. The zero-order valence-electron chi connectivity index (χ0n) is 32.5. The number of rotatable bonds is 11. The molecular weight excluding hydrogens is 735 g/mol. The fourth-order valence-electron chi connectivity index (χ4n) is 7.82. The summed E-state index contributed by atoms with van der Waals surface area (Å²) in [6.45, 7) is 8.79. The third-order valence-corrected chi connectivity index (χ3v) is 11.8. The molecule has 6 heterocycles. The molecule has 56 heavy (non-hydrogen) atoms. The van der Waals surface area contributed by atoms with Crippen LogP contribution in [-0.2, 0) is 19.1 Å². The third kappa shape index (κ3) is 7.49. The van der Waals surface area contributed by atoms with Crippen molar-refractivity contribution in [2.24, 2.45) is 11.8 Å². The Morgan fingerprint density at radius 1 is 0.768 bits per heavy atom. The maximum absolute atomic E-state index is 13.6. The molecule has 4 amide bonds. The van der Waals surface area contributed by atoms with Gasteiger partial charge in [-0.1, -0.05) is 52.0 Å². The van der Waals surface area contributed by atoms with Crippen LogP contribution < -0.4 is 10.6 Å². The van der Waals surface area contributed by atoms with Gasteiger partial charge in [0.05, 0.1) is 44.4 Å². The first-order valence-electron chi connectivity index (χ1n) is 19.1. The lowest BCUT2D eigenvalue weighted by Gasteiger charge is -2.30. The van der Waals surface area contributed by atoms with Crippen molar-refractivity contribution in [2.75, 3.05) is 27.3 Å². The summed E-state index contributed by atoms with van der Waals surface area (Å²) in [6, 6.07) is 8.63. The molecule has 4 aromatic heterocycles. The summed E-state index contributed by atoms with van der Waals surface area (Å²) < 4.78 is 11.6. The maximum atomic E-state index is 13.6. The molecule has 5 aromatic rings. The number of aromatic amines is 2. The number of hydrogen-bond donors (Lipinski definition) is 4. The van der Waals surface area contributed by atoms with Gasteiger partial charge in [0.1, 0.15) is 34.4 Å². The van der Waals surface area contributed by atoms with Gasteiger partial charge in [-0.15, -0.1) is 11.3 Å². The van der Waals surface area contributed by atoms with Gasteiger partial charge >= 0.3 is 12.2 Å². The van der Waals surface area contributed by atoms with E-state index in [1.807, 2.05) is 49.9 Å². The summed E-state index contributed by atoms with van der Waals surface area (Å²) in [6.07, 6.45) is 7.63. The van der Waals surface area contributed by atoms with Gasteiger partial charge < -0.3 is 39.9 Å². The van der Waals surface area contributed by atoms with Crippen LogP contribution in [0.1, 0.15) is 77.1 Å². The Labute approximate surface area is 329 Å². The van der Waals surface area contributed by atoms with Crippen LogP contribution in [-0.4, -0.2) is 97.7 Å². The van der Waals surface area contributed by atoms with Crippen molar-refractivity contribution in [3.8, 4) is 28.2 Å². The van der Waals surface area contributed by atoms with Crippen molar-refractivity contribution >= 4 is 45.6 Å². The number of aromatic nitrogens is 5. The fourth-order valence-corrected chi connectivity index (χ4v) is 8.89. The quantitative estimate of drug-likeness (QED) is 0.116. The van der Waals surface area contributed by atoms with Crippen molar-refractivity contribution in [1.29, 1.82) is 0 Å². The fraction of sp³-hybridized carbons (Fsp3) is 0.450. The molecule has 2 aliphatic heterocycles. The number of imidazole rings is 2. The van der Waals surface area contributed by atoms with E-state index in [4.69, 9.17) is 19.4 Å². The van der Waals surface area contributed by atoms with E-state index in [0.717, 1.165) is 69.9 Å². The van der Waals surface area contributed by atoms with E-state index in [2.05, 4.69) is 60.9 Å². The number of amides is 4. The minimum atomic E-state index is -0.695. The Morgan fingerprint density at radius 2 is 1.30 bits per heavy atom. The second-order valence-electron chi connectivity index (χ2n) is 15.1. The Morgan fingerprint density at radius 3 is 1.86 bits per heavy atom. The predicted molar refractivity (Wildman–Crippen MR) is 212 cm³/mol. The van der Waals surface area contributed by atoms with Crippen molar-refractivity contribution in [3.63, 3.8) is 0 Å². The van der Waals surface area contributed by atoms with Gasteiger partial charge in [-0.2, -0.15) is 0 Å². The molecule has 2 saturated heterocycles. The number of H-pyrrole nitrogens is 2. The summed E-state index contributed by atoms with van der Waals surface area (Å²) in [7, 11) is 2.58. The molecule has 2 unspecified atom stereocenters. The van der Waals surface area contributed by atoms with Crippen LogP contribution in [0.4, 0.5) is 9.59 Å². The number of fused-ring (bicyclic) bond motifs is 1. The summed E-state index contributed by atoms with van der Waals surface area (Å²) >= 11 is 1.65. The molecule has 0 spiro atoms. The average molecular weight is 784 g/mol. The smallest absolute Gasteiger partial charge is 0.407 e. The van der Waals surface area contributed by atoms with Gasteiger partial charge in [0.15, 0.2) is 0 Å². The van der Waals surface area contributed by atoms with Crippen LogP contribution in [0.3, 0.4) is 0 Å².